The second kappa shape index (κ2) is 3.35. The fourth-order valence-corrected chi connectivity index (χ4v) is 1.99. The Kier molecular flexibility index (Phi) is 2.19. The van der Waals surface area contributed by atoms with E-state index in [4.69, 9.17) is 0 Å². The van der Waals surface area contributed by atoms with Crippen molar-refractivity contribution in [1.29, 1.82) is 0 Å². The van der Waals surface area contributed by atoms with Crippen molar-refractivity contribution in [2.45, 2.75) is 13.8 Å². The van der Waals surface area contributed by atoms with Crippen LogP contribution in [0.25, 0.3) is 11.1 Å². The molecule has 0 unspecified atom stereocenters. The molecule has 65 valence electrons. The van der Waals surface area contributed by atoms with Crippen molar-refractivity contribution in [1.82, 2.24) is 0 Å². The SMILES string of the molecule is Cc1[c]cc(-c2csc(C)c2)cc1. The van der Waals surface area contributed by atoms with Crippen LogP contribution in [-0.4, -0.2) is 0 Å². The second-order valence-electron chi connectivity index (χ2n) is 3.21. The van der Waals surface area contributed by atoms with Crippen LogP contribution >= 0.6 is 11.3 Å². The van der Waals surface area contributed by atoms with Crippen molar-refractivity contribution >= 4 is 11.3 Å². The van der Waals surface area contributed by atoms with Gasteiger partial charge >= 0.3 is 0 Å². The van der Waals surface area contributed by atoms with E-state index in [2.05, 4.69) is 49.6 Å². The molecule has 0 aliphatic rings. The fraction of sp³-hybridized carbons (Fsp3) is 0.167. The van der Waals surface area contributed by atoms with Crippen molar-refractivity contribution in [2.75, 3.05) is 0 Å². The van der Waals surface area contributed by atoms with Crippen LogP contribution in [0.15, 0.2) is 29.6 Å². The van der Waals surface area contributed by atoms with E-state index in [0.29, 0.717) is 0 Å². The van der Waals surface area contributed by atoms with Crippen LogP contribution in [0, 0.1) is 19.9 Å². The van der Waals surface area contributed by atoms with Crippen LogP contribution in [0.4, 0.5) is 0 Å². The van der Waals surface area contributed by atoms with E-state index in [1.54, 1.807) is 11.3 Å². The third-order valence-corrected chi connectivity index (χ3v) is 2.89. The zero-order chi connectivity index (χ0) is 9.26. The Hall–Kier alpha value is -1.08. The summed E-state index contributed by atoms with van der Waals surface area (Å²) >= 11 is 1.79. The third-order valence-electron chi connectivity index (χ3n) is 2.03. The van der Waals surface area contributed by atoms with Crippen molar-refractivity contribution in [3.8, 4) is 11.1 Å². The van der Waals surface area contributed by atoms with Gasteiger partial charge in [-0.1, -0.05) is 12.1 Å². The van der Waals surface area contributed by atoms with Gasteiger partial charge in [0.2, 0.25) is 0 Å². The Labute approximate surface area is 82.9 Å². The monoisotopic (exact) mass is 187 g/mol. The van der Waals surface area contributed by atoms with E-state index in [-0.39, 0.29) is 0 Å². The zero-order valence-corrected chi connectivity index (χ0v) is 8.61. The van der Waals surface area contributed by atoms with E-state index in [1.165, 1.54) is 21.6 Å². The maximum Gasteiger partial charge on any atom is 0.00205 e. The van der Waals surface area contributed by atoms with Gasteiger partial charge in [0.1, 0.15) is 0 Å². The fourth-order valence-electron chi connectivity index (χ4n) is 1.28. The van der Waals surface area contributed by atoms with Crippen LogP contribution in [0.2, 0.25) is 0 Å². The highest BCUT2D eigenvalue weighted by Crippen LogP contribution is 2.24. The first-order valence-corrected chi connectivity index (χ1v) is 5.17. The Morgan fingerprint density at radius 3 is 2.54 bits per heavy atom. The molecule has 0 bridgehead atoms. The molecule has 0 aliphatic carbocycles. The van der Waals surface area contributed by atoms with Gasteiger partial charge in [0, 0.05) is 4.88 Å². The number of hydrogen-bond acceptors (Lipinski definition) is 1. The maximum absolute atomic E-state index is 3.21. The Morgan fingerprint density at radius 1 is 1.15 bits per heavy atom. The molecular formula is C12H11S. The lowest BCUT2D eigenvalue weighted by molar-refractivity contribution is 1.46. The van der Waals surface area contributed by atoms with Gasteiger partial charge in [-0.15, -0.1) is 11.3 Å². The lowest BCUT2D eigenvalue weighted by atomic mass is 10.1. The Morgan fingerprint density at radius 2 is 2.00 bits per heavy atom. The van der Waals surface area contributed by atoms with Crippen LogP contribution < -0.4 is 0 Å². The smallest absolute Gasteiger partial charge is 0.00205 e. The average molecular weight is 187 g/mol. The highest BCUT2D eigenvalue weighted by molar-refractivity contribution is 7.10. The minimum absolute atomic E-state index is 1.19. The lowest BCUT2D eigenvalue weighted by Gasteiger charge is -1.96. The maximum atomic E-state index is 3.21. The van der Waals surface area contributed by atoms with Gasteiger partial charge < -0.3 is 0 Å². The van der Waals surface area contributed by atoms with Gasteiger partial charge in [-0.25, -0.2) is 0 Å². The topological polar surface area (TPSA) is 0 Å². The molecule has 1 aromatic carbocycles. The molecule has 0 fully saturated rings. The van der Waals surface area contributed by atoms with Crippen LogP contribution in [0.1, 0.15) is 10.4 Å². The van der Waals surface area contributed by atoms with E-state index in [0.717, 1.165) is 0 Å². The largest absolute Gasteiger partial charge is 0.149 e. The molecule has 13 heavy (non-hydrogen) atoms. The summed E-state index contributed by atoms with van der Waals surface area (Å²) in [5, 5.41) is 2.19. The summed E-state index contributed by atoms with van der Waals surface area (Å²) in [5.41, 5.74) is 3.75. The van der Waals surface area contributed by atoms with Crippen LogP contribution in [0.3, 0.4) is 0 Å². The van der Waals surface area contributed by atoms with Crippen LogP contribution in [0.5, 0.6) is 0 Å². The van der Waals surface area contributed by atoms with Crippen molar-refractivity contribution < 1.29 is 0 Å². The number of thiophene rings is 1. The summed E-state index contributed by atoms with van der Waals surface area (Å²) in [7, 11) is 0. The first-order chi connectivity index (χ1) is 6.25. The van der Waals surface area contributed by atoms with Crippen molar-refractivity contribution in [2.24, 2.45) is 0 Å². The number of hydrogen-bond donors (Lipinski definition) is 0. The molecule has 2 rings (SSSR count). The molecule has 0 spiro atoms. The molecule has 1 heterocycles. The highest BCUT2D eigenvalue weighted by Gasteiger charge is 1.98. The molecule has 1 radical (unpaired) electrons. The summed E-state index contributed by atoms with van der Waals surface area (Å²) in [6, 6.07) is 11.7. The summed E-state index contributed by atoms with van der Waals surface area (Å²) in [4.78, 5) is 1.36. The quantitative estimate of drug-likeness (QED) is 0.636. The van der Waals surface area contributed by atoms with Gasteiger partial charge in [0.15, 0.2) is 0 Å². The minimum Gasteiger partial charge on any atom is -0.149 e. The molecule has 1 aromatic heterocycles. The number of rotatable bonds is 1. The highest BCUT2D eigenvalue weighted by atomic mass is 32.1. The summed E-state index contributed by atoms with van der Waals surface area (Å²) in [6.45, 7) is 4.19. The van der Waals surface area contributed by atoms with Gasteiger partial charge in [-0.3, -0.25) is 0 Å². The van der Waals surface area contributed by atoms with Gasteiger partial charge in [-0.05, 0) is 54.1 Å². The predicted molar refractivity (Wildman–Crippen MR) is 58.1 cm³/mol. The standard InChI is InChI=1S/C12H11S/c1-9-3-5-11(6-4-9)12-7-10(2)13-8-12/h3,5-8H,1-2H3. The Balaban J connectivity index is 2.41. The van der Waals surface area contributed by atoms with Gasteiger partial charge in [0.25, 0.3) is 0 Å². The molecule has 0 N–H and O–H groups in total. The van der Waals surface area contributed by atoms with E-state index < -0.39 is 0 Å². The molecule has 0 saturated carbocycles. The first-order valence-electron chi connectivity index (χ1n) is 4.29. The summed E-state index contributed by atoms with van der Waals surface area (Å²) in [6.07, 6.45) is 0. The minimum atomic E-state index is 1.19. The molecule has 0 nitrogen and oxygen atoms in total. The molecule has 1 heteroatoms. The molecule has 0 atom stereocenters. The van der Waals surface area contributed by atoms with E-state index >= 15 is 0 Å². The molecule has 0 saturated heterocycles. The first kappa shape index (κ1) is 8.52. The predicted octanol–water partition coefficient (Wildman–Crippen LogP) is 3.83. The van der Waals surface area contributed by atoms with Crippen LogP contribution in [-0.2, 0) is 0 Å². The molecule has 0 aliphatic heterocycles. The third kappa shape index (κ3) is 1.81. The van der Waals surface area contributed by atoms with Gasteiger partial charge in [-0.2, -0.15) is 0 Å². The summed E-state index contributed by atoms with van der Waals surface area (Å²) in [5.74, 6) is 0. The average Bonchev–Trinajstić information content (AvgIpc) is 2.53. The van der Waals surface area contributed by atoms with E-state index in [9.17, 15) is 0 Å². The Bertz CT molecular complexity index is 395. The van der Waals surface area contributed by atoms with Crippen molar-refractivity contribution in [3.63, 3.8) is 0 Å². The molecule has 0 amide bonds. The molecular weight excluding hydrogens is 176 g/mol. The lowest BCUT2D eigenvalue weighted by Crippen LogP contribution is -1.74. The van der Waals surface area contributed by atoms with E-state index in [1.807, 2.05) is 0 Å². The number of aryl methyl sites for hydroxylation is 2. The number of benzene rings is 1. The zero-order valence-electron chi connectivity index (χ0n) is 7.79. The normalized spacial score (nSPS) is 10.3. The molecule has 2 aromatic rings. The second-order valence-corrected chi connectivity index (χ2v) is 4.32. The van der Waals surface area contributed by atoms with Crippen molar-refractivity contribution in [3.05, 3.63) is 46.2 Å². The van der Waals surface area contributed by atoms with Gasteiger partial charge in [0.05, 0.1) is 0 Å². The summed E-state index contributed by atoms with van der Waals surface area (Å²) < 4.78 is 0.